The fourth-order valence-corrected chi connectivity index (χ4v) is 2.42. The molecule has 1 amide bonds. The molecule has 1 unspecified atom stereocenters. The first-order chi connectivity index (χ1) is 9.51. The van der Waals surface area contributed by atoms with Gasteiger partial charge in [-0.05, 0) is 24.6 Å². The molecule has 0 aromatic heterocycles. The average molecular weight is 279 g/mol. The van der Waals surface area contributed by atoms with Crippen LogP contribution in [0.5, 0.6) is 0 Å². The predicted octanol–water partition coefficient (Wildman–Crippen LogP) is 0.188. The number of nitro benzene ring substituents is 1. The molecule has 0 radical (unpaired) electrons. The van der Waals surface area contributed by atoms with Gasteiger partial charge in [0.15, 0.2) is 0 Å². The summed E-state index contributed by atoms with van der Waals surface area (Å²) in [4.78, 5) is 23.6. The number of nitrogens with zero attached hydrogens (tertiary/aromatic N) is 2. The number of carbonyl (C=O) groups excluding carboxylic acids is 1. The van der Waals surface area contributed by atoms with Gasteiger partial charge in [-0.15, -0.1) is 0 Å². The quantitative estimate of drug-likeness (QED) is 0.401. The minimum Gasteiger partial charge on any atom is -0.369 e. The van der Waals surface area contributed by atoms with Crippen LogP contribution in [0.15, 0.2) is 18.2 Å². The molecule has 0 saturated carbocycles. The molecule has 1 fully saturated rings. The van der Waals surface area contributed by atoms with E-state index in [0.717, 1.165) is 18.5 Å². The molecular weight excluding hydrogens is 262 g/mol. The number of benzene rings is 1. The molecule has 1 atom stereocenters. The van der Waals surface area contributed by atoms with E-state index in [4.69, 9.17) is 11.6 Å². The molecule has 0 aliphatic carbocycles. The second-order valence-corrected chi connectivity index (χ2v) is 4.88. The van der Waals surface area contributed by atoms with Crippen molar-refractivity contribution in [3.63, 3.8) is 0 Å². The van der Waals surface area contributed by atoms with Crippen molar-refractivity contribution < 1.29 is 9.72 Å². The van der Waals surface area contributed by atoms with Crippen molar-refractivity contribution in [2.45, 2.75) is 13.0 Å². The van der Waals surface area contributed by atoms with Crippen molar-refractivity contribution in [1.29, 1.82) is 0 Å². The van der Waals surface area contributed by atoms with E-state index in [1.165, 1.54) is 6.07 Å². The third kappa shape index (κ3) is 3.03. The van der Waals surface area contributed by atoms with E-state index in [-0.39, 0.29) is 23.2 Å². The number of anilines is 1. The number of rotatable bonds is 5. The van der Waals surface area contributed by atoms with E-state index in [1.807, 2.05) is 0 Å². The first-order valence-corrected chi connectivity index (χ1v) is 6.27. The fraction of sp³-hybridized carbons (Fsp3) is 0.417. The van der Waals surface area contributed by atoms with Gasteiger partial charge in [-0.3, -0.25) is 25.7 Å². The number of hydrogen-bond donors (Lipinski definition) is 3. The molecule has 1 aliphatic rings. The highest BCUT2D eigenvalue weighted by Gasteiger charge is 2.26. The van der Waals surface area contributed by atoms with E-state index >= 15 is 0 Å². The van der Waals surface area contributed by atoms with Crippen molar-refractivity contribution in [3.05, 3.63) is 33.9 Å². The third-order valence-electron chi connectivity index (χ3n) is 3.50. The molecule has 8 nitrogen and oxygen atoms in total. The Bertz CT molecular complexity index is 534. The maximum absolute atomic E-state index is 11.1. The van der Waals surface area contributed by atoms with Crippen molar-refractivity contribution in [2.75, 3.05) is 18.5 Å². The highest BCUT2D eigenvalue weighted by Crippen LogP contribution is 2.26. The smallest absolute Gasteiger partial charge is 0.293 e. The number of hydrogen-bond acceptors (Lipinski definition) is 6. The summed E-state index contributed by atoms with van der Waals surface area (Å²) in [5.41, 5.74) is 8.60. The van der Waals surface area contributed by atoms with Crippen LogP contribution in [-0.2, 0) is 11.3 Å². The molecule has 1 aliphatic heterocycles. The van der Waals surface area contributed by atoms with Gasteiger partial charge in [-0.25, -0.2) is 0 Å². The first-order valence-electron chi connectivity index (χ1n) is 6.27. The van der Waals surface area contributed by atoms with Crippen LogP contribution < -0.4 is 17.0 Å². The van der Waals surface area contributed by atoms with Gasteiger partial charge in [0.05, 0.1) is 10.8 Å². The van der Waals surface area contributed by atoms with Crippen LogP contribution in [0.25, 0.3) is 0 Å². The molecule has 0 bridgehead atoms. The summed E-state index contributed by atoms with van der Waals surface area (Å²) in [7, 11) is 0. The maximum atomic E-state index is 11.1. The zero-order chi connectivity index (χ0) is 14.7. The number of nitrogens with two attached hydrogens (primary N) is 2. The zero-order valence-corrected chi connectivity index (χ0v) is 10.9. The summed E-state index contributed by atoms with van der Waals surface area (Å²) in [5.74, 6) is 4.82. The van der Waals surface area contributed by atoms with Crippen LogP contribution in [0.4, 0.5) is 11.4 Å². The fourth-order valence-electron chi connectivity index (χ4n) is 2.42. The van der Waals surface area contributed by atoms with Crippen molar-refractivity contribution in [1.82, 2.24) is 4.90 Å². The minimum atomic E-state index is -0.477. The van der Waals surface area contributed by atoms with Gasteiger partial charge < -0.3 is 11.2 Å². The Morgan fingerprint density at radius 1 is 1.55 bits per heavy atom. The van der Waals surface area contributed by atoms with Gasteiger partial charge in [0.2, 0.25) is 5.91 Å². The average Bonchev–Trinajstić information content (AvgIpc) is 2.87. The molecule has 1 aromatic rings. The second kappa shape index (κ2) is 5.85. The summed E-state index contributed by atoms with van der Waals surface area (Å²) in [5, 5.41) is 10.9. The van der Waals surface area contributed by atoms with E-state index in [0.29, 0.717) is 13.1 Å². The first kappa shape index (κ1) is 14.2. The topological polar surface area (TPSA) is 128 Å². The van der Waals surface area contributed by atoms with Crippen molar-refractivity contribution >= 4 is 17.3 Å². The monoisotopic (exact) mass is 279 g/mol. The van der Waals surface area contributed by atoms with Crippen LogP contribution in [-0.4, -0.2) is 28.8 Å². The largest absolute Gasteiger partial charge is 0.369 e. The lowest BCUT2D eigenvalue weighted by Gasteiger charge is -2.15. The summed E-state index contributed by atoms with van der Waals surface area (Å²) in [6, 6.07) is 4.85. The SMILES string of the molecule is NNc1ccc(CN2CCC(C(N)=O)C2)cc1[N+](=O)[O-]. The number of nitro groups is 1. The third-order valence-corrected chi connectivity index (χ3v) is 3.50. The highest BCUT2D eigenvalue weighted by atomic mass is 16.6. The zero-order valence-electron chi connectivity index (χ0n) is 10.9. The molecule has 1 saturated heterocycles. The molecule has 20 heavy (non-hydrogen) atoms. The molecule has 1 heterocycles. The van der Waals surface area contributed by atoms with Crippen molar-refractivity contribution in [3.8, 4) is 0 Å². The van der Waals surface area contributed by atoms with Gasteiger partial charge >= 0.3 is 0 Å². The van der Waals surface area contributed by atoms with E-state index in [9.17, 15) is 14.9 Å². The van der Waals surface area contributed by atoms with Crippen LogP contribution in [0, 0.1) is 16.0 Å². The predicted molar refractivity (Wildman–Crippen MR) is 73.5 cm³/mol. The van der Waals surface area contributed by atoms with Gasteiger partial charge in [-0.1, -0.05) is 6.07 Å². The molecule has 2 rings (SSSR count). The minimum absolute atomic E-state index is 0.0596. The standard InChI is InChI=1S/C12H17N5O3/c13-12(18)9-3-4-16(7-9)6-8-1-2-10(15-14)11(5-8)17(19)20/h1-2,5,9,15H,3-4,6-7,14H2,(H2,13,18). The lowest BCUT2D eigenvalue weighted by Crippen LogP contribution is -2.27. The number of nitrogens with one attached hydrogen (secondary N) is 1. The number of primary amides is 1. The van der Waals surface area contributed by atoms with Crippen LogP contribution in [0.2, 0.25) is 0 Å². The Labute approximate surface area is 115 Å². The van der Waals surface area contributed by atoms with Gasteiger partial charge in [0.25, 0.3) is 5.69 Å². The van der Waals surface area contributed by atoms with Gasteiger partial charge in [-0.2, -0.15) is 0 Å². The Morgan fingerprint density at radius 2 is 2.30 bits per heavy atom. The van der Waals surface area contributed by atoms with Gasteiger partial charge in [0.1, 0.15) is 5.69 Å². The number of hydrazine groups is 1. The van der Waals surface area contributed by atoms with E-state index in [1.54, 1.807) is 12.1 Å². The van der Waals surface area contributed by atoms with Crippen molar-refractivity contribution in [2.24, 2.45) is 17.5 Å². The summed E-state index contributed by atoms with van der Waals surface area (Å²) in [6.45, 7) is 1.91. The Morgan fingerprint density at radius 3 is 2.85 bits per heavy atom. The number of likely N-dealkylation sites (tertiary alicyclic amines) is 1. The van der Waals surface area contributed by atoms with Crippen LogP contribution >= 0.6 is 0 Å². The van der Waals surface area contributed by atoms with E-state index < -0.39 is 4.92 Å². The molecular formula is C12H17N5O3. The summed E-state index contributed by atoms with van der Waals surface area (Å²) >= 11 is 0. The molecule has 8 heteroatoms. The maximum Gasteiger partial charge on any atom is 0.293 e. The Kier molecular flexibility index (Phi) is 4.16. The Balaban J connectivity index is 2.09. The van der Waals surface area contributed by atoms with E-state index in [2.05, 4.69) is 10.3 Å². The number of amides is 1. The molecule has 0 spiro atoms. The lowest BCUT2D eigenvalue weighted by molar-refractivity contribution is -0.384. The normalized spacial score (nSPS) is 18.9. The molecule has 108 valence electrons. The lowest BCUT2D eigenvalue weighted by atomic mass is 10.1. The number of nitrogen functional groups attached to an aromatic ring is 1. The Hall–Kier alpha value is -2.19. The highest BCUT2D eigenvalue weighted by molar-refractivity contribution is 5.77. The number of carbonyl (C=O) groups is 1. The summed E-state index contributed by atoms with van der Waals surface area (Å²) < 4.78 is 0. The summed E-state index contributed by atoms with van der Waals surface area (Å²) in [6.07, 6.45) is 0.736. The molecule has 5 N–H and O–H groups in total. The molecule has 1 aromatic carbocycles. The van der Waals surface area contributed by atoms with Gasteiger partial charge in [0, 0.05) is 19.2 Å². The van der Waals surface area contributed by atoms with Crippen LogP contribution in [0.1, 0.15) is 12.0 Å². The van der Waals surface area contributed by atoms with Crippen LogP contribution in [0.3, 0.4) is 0 Å². The second-order valence-electron chi connectivity index (χ2n) is 4.88.